The molecule has 1 aromatic rings. The second kappa shape index (κ2) is 4.09. The lowest BCUT2D eigenvalue weighted by molar-refractivity contribution is -0.384. The Labute approximate surface area is 94.0 Å². The monoisotopic (exact) mass is 221 g/mol. The summed E-state index contributed by atoms with van der Waals surface area (Å²) in [7, 11) is 0. The maximum absolute atomic E-state index is 10.9. The topological polar surface area (TPSA) is 67.2 Å². The van der Waals surface area contributed by atoms with Gasteiger partial charge in [0.2, 0.25) is 0 Å². The van der Waals surface area contributed by atoms with Crippen molar-refractivity contribution in [2.45, 2.75) is 25.9 Å². The Bertz CT molecular complexity index is 420. The molecular formula is C11H15N3O2. The van der Waals surface area contributed by atoms with E-state index in [0.717, 1.165) is 5.56 Å². The Morgan fingerprint density at radius 2 is 2.19 bits per heavy atom. The molecule has 1 aliphatic heterocycles. The highest BCUT2D eigenvalue weighted by molar-refractivity contribution is 5.67. The van der Waals surface area contributed by atoms with E-state index in [-0.39, 0.29) is 16.7 Å². The van der Waals surface area contributed by atoms with Crippen LogP contribution in [-0.2, 0) is 0 Å². The van der Waals surface area contributed by atoms with E-state index in [1.807, 2.05) is 13.0 Å². The number of rotatable bonds is 1. The molecule has 1 aliphatic rings. The summed E-state index contributed by atoms with van der Waals surface area (Å²) in [5.41, 5.74) is 1.76. The van der Waals surface area contributed by atoms with E-state index < -0.39 is 0 Å². The summed E-state index contributed by atoms with van der Waals surface area (Å²) >= 11 is 0. The summed E-state index contributed by atoms with van der Waals surface area (Å²) in [6, 6.07) is 5.61. The van der Waals surface area contributed by atoms with Gasteiger partial charge in [-0.2, -0.15) is 0 Å². The molecule has 5 heteroatoms. The molecule has 0 spiro atoms. The van der Waals surface area contributed by atoms with E-state index >= 15 is 0 Å². The lowest BCUT2D eigenvalue weighted by Gasteiger charge is -2.15. The number of nitrogens with zero attached hydrogens (tertiary/aromatic N) is 1. The number of nitro benzene ring substituents is 1. The first-order valence-electron chi connectivity index (χ1n) is 5.37. The van der Waals surface area contributed by atoms with Gasteiger partial charge in [0.25, 0.3) is 5.69 Å². The molecule has 0 aromatic heterocycles. The minimum Gasteiger partial charge on any atom is -0.378 e. The highest BCUT2D eigenvalue weighted by Gasteiger charge is 2.24. The van der Waals surface area contributed by atoms with Gasteiger partial charge < -0.3 is 10.6 Å². The SMILES string of the molecule is C[C@H]1CNc2c(cccc2[N+](=O)[O-])[C@@H](C)N1. The van der Waals surface area contributed by atoms with Crippen molar-refractivity contribution in [1.82, 2.24) is 5.32 Å². The predicted octanol–water partition coefficient (Wildman–Crippen LogP) is 2.06. The van der Waals surface area contributed by atoms with E-state index in [4.69, 9.17) is 0 Å². The molecule has 1 aromatic carbocycles. The first kappa shape index (κ1) is 10.9. The number of hydrogen-bond donors (Lipinski definition) is 2. The summed E-state index contributed by atoms with van der Waals surface area (Å²) in [6.07, 6.45) is 0. The van der Waals surface area contributed by atoms with Crippen LogP contribution in [-0.4, -0.2) is 17.5 Å². The molecule has 1 heterocycles. The molecule has 2 N–H and O–H groups in total. The second-order valence-electron chi connectivity index (χ2n) is 4.17. The fourth-order valence-corrected chi connectivity index (χ4v) is 2.09. The van der Waals surface area contributed by atoms with Gasteiger partial charge in [-0.25, -0.2) is 0 Å². The summed E-state index contributed by atoms with van der Waals surface area (Å²) in [5, 5.41) is 17.4. The molecule has 2 rings (SSSR count). The van der Waals surface area contributed by atoms with E-state index in [2.05, 4.69) is 17.6 Å². The summed E-state index contributed by atoms with van der Waals surface area (Å²) in [6.45, 7) is 4.77. The van der Waals surface area contributed by atoms with Gasteiger partial charge in [-0.15, -0.1) is 0 Å². The fourth-order valence-electron chi connectivity index (χ4n) is 2.09. The zero-order chi connectivity index (χ0) is 11.7. The van der Waals surface area contributed by atoms with Crippen molar-refractivity contribution >= 4 is 11.4 Å². The molecule has 0 bridgehead atoms. The van der Waals surface area contributed by atoms with Crippen LogP contribution in [0.2, 0.25) is 0 Å². The Balaban J connectivity index is 2.50. The highest BCUT2D eigenvalue weighted by atomic mass is 16.6. The Morgan fingerprint density at radius 3 is 2.88 bits per heavy atom. The van der Waals surface area contributed by atoms with Crippen LogP contribution in [0, 0.1) is 10.1 Å². The van der Waals surface area contributed by atoms with Gasteiger partial charge in [0.1, 0.15) is 5.69 Å². The number of benzene rings is 1. The van der Waals surface area contributed by atoms with Gasteiger partial charge in [-0.3, -0.25) is 10.1 Å². The third kappa shape index (κ3) is 1.86. The zero-order valence-corrected chi connectivity index (χ0v) is 9.36. The van der Waals surface area contributed by atoms with Gasteiger partial charge >= 0.3 is 0 Å². The normalized spacial score (nSPS) is 24.1. The van der Waals surface area contributed by atoms with Gasteiger partial charge in [-0.1, -0.05) is 12.1 Å². The van der Waals surface area contributed by atoms with Crippen molar-refractivity contribution in [2.24, 2.45) is 0 Å². The van der Waals surface area contributed by atoms with Crippen molar-refractivity contribution in [3.05, 3.63) is 33.9 Å². The molecule has 5 nitrogen and oxygen atoms in total. The number of para-hydroxylation sites is 1. The van der Waals surface area contributed by atoms with E-state index in [0.29, 0.717) is 18.3 Å². The minimum absolute atomic E-state index is 0.125. The van der Waals surface area contributed by atoms with Crippen LogP contribution in [0.4, 0.5) is 11.4 Å². The van der Waals surface area contributed by atoms with Crippen LogP contribution >= 0.6 is 0 Å². The zero-order valence-electron chi connectivity index (χ0n) is 9.36. The maximum atomic E-state index is 10.9. The number of nitrogens with one attached hydrogen (secondary N) is 2. The van der Waals surface area contributed by atoms with E-state index in [1.54, 1.807) is 6.07 Å². The molecule has 2 atom stereocenters. The van der Waals surface area contributed by atoms with E-state index in [1.165, 1.54) is 6.07 Å². The van der Waals surface area contributed by atoms with E-state index in [9.17, 15) is 10.1 Å². The van der Waals surface area contributed by atoms with Crippen molar-refractivity contribution < 1.29 is 4.92 Å². The fraction of sp³-hybridized carbons (Fsp3) is 0.455. The van der Waals surface area contributed by atoms with Crippen LogP contribution in [0.3, 0.4) is 0 Å². The summed E-state index contributed by atoms with van der Waals surface area (Å²) < 4.78 is 0. The number of anilines is 1. The first-order valence-corrected chi connectivity index (χ1v) is 5.37. The molecule has 0 unspecified atom stereocenters. The predicted molar refractivity (Wildman–Crippen MR) is 62.6 cm³/mol. The lowest BCUT2D eigenvalue weighted by Crippen LogP contribution is -2.31. The molecule has 0 radical (unpaired) electrons. The molecule has 0 amide bonds. The average Bonchev–Trinajstić information content (AvgIpc) is 2.38. The summed E-state index contributed by atoms with van der Waals surface area (Å²) in [4.78, 5) is 10.6. The molecule has 86 valence electrons. The van der Waals surface area contributed by atoms with Gasteiger partial charge in [0, 0.05) is 24.7 Å². The molecule has 0 aliphatic carbocycles. The molecule has 16 heavy (non-hydrogen) atoms. The highest BCUT2D eigenvalue weighted by Crippen LogP contribution is 2.33. The largest absolute Gasteiger partial charge is 0.378 e. The van der Waals surface area contributed by atoms with Crippen LogP contribution in [0.25, 0.3) is 0 Å². The second-order valence-corrected chi connectivity index (χ2v) is 4.17. The van der Waals surface area contributed by atoms with Crippen LogP contribution < -0.4 is 10.6 Å². The molecule has 0 saturated carbocycles. The smallest absolute Gasteiger partial charge is 0.292 e. The third-order valence-corrected chi connectivity index (χ3v) is 2.86. The number of fused-ring (bicyclic) bond motifs is 1. The van der Waals surface area contributed by atoms with Gasteiger partial charge in [0.05, 0.1) is 4.92 Å². The Morgan fingerprint density at radius 1 is 1.44 bits per heavy atom. The van der Waals surface area contributed by atoms with Crippen LogP contribution in [0.5, 0.6) is 0 Å². The Hall–Kier alpha value is -1.62. The van der Waals surface area contributed by atoms with Gasteiger partial charge in [0.15, 0.2) is 0 Å². The lowest BCUT2D eigenvalue weighted by atomic mass is 10.1. The quantitative estimate of drug-likeness (QED) is 0.562. The number of nitro groups is 1. The third-order valence-electron chi connectivity index (χ3n) is 2.86. The average molecular weight is 221 g/mol. The minimum atomic E-state index is -0.339. The molecule has 0 saturated heterocycles. The van der Waals surface area contributed by atoms with Crippen molar-refractivity contribution in [3.8, 4) is 0 Å². The van der Waals surface area contributed by atoms with Crippen LogP contribution in [0.15, 0.2) is 18.2 Å². The standard InChI is InChI=1S/C11H15N3O2/c1-7-6-12-11-9(8(2)13-7)4-3-5-10(11)14(15)16/h3-5,7-8,12-13H,6H2,1-2H3/t7-,8+/m0/s1. The van der Waals surface area contributed by atoms with Crippen LogP contribution in [0.1, 0.15) is 25.5 Å². The molecule has 0 fully saturated rings. The number of hydrogen-bond acceptors (Lipinski definition) is 4. The Kier molecular flexibility index (Phi) is 2.78. The molecular weight excluding hydrogens is 206 g/mol. The van der Waals surface area contributed by atoms with Gasteiger partial charge in [-0.05, 0) is 19.4 Å². The van der Waals surface area contributed by atoms with Crippen molar-refractivity contribution in [2.75, 3.05) is 11.9 Å². The van der Waals surface area contributed by atoms with Crippen molar-refractivity contribution in [1.29, 1.82) is 0 Å². The maximum Gasteiger partial charge on any atom is 0.292 e. The van der Waals surface area contributed by atoms with Crippen molar-refractivity contribution in [3.63, 3.8) is 0 Å². The first-order chi connectivity index (χ1) is 7.59. The summed E-state index contributed by atoms with van der Waals surface area (Å²) in [5.74, 6) is 0.